The second-order valence-electron chi connectivity index (χ2n) is 8.12. The number of barbiturate groups is 1. The molecule has 7 heteroatoms. The summed E-state index contributed by atoms with van der Waals surface area (Å²) < 4.78 is 5.17. The zero-order valence-electron chi connectivity index (χ0n) is 19.0. The Hall–Kier alpha value is -3.81. The minimum atomic E-state index is -1.67. The fourth-order valence-electron chi connectivity index (χ4n) is 4.15. The topological polar surface area (TPSA) is 79.0 Å². The molecule has 174 valence electrons. The largest absolute Gasteiger partial charge is 0.383 e. The molecule has 3 aromatic carbocycles. The van der Waals surface area contributed by atoms with E-state index in [1.54, 1.807) is 31.4 Å². The molecule has 0 aromatic heterocycles. The van der Waals surface area contributed by atoms with Gasteiger partial charge in [-0.2, -0.15) is 0 Å². The number of urea groups is 1. The number of nitrogens with one attached hydrogen (secondary N) is 1. The average molecular weight is 458 g/mol. The van der Waals surface area contributed by atoms with Crippen LogP contribution >= 0.6 is 0 Å². The van der Waals surface area contributed by atoms with Crippen LogP contribution in [0.15, 0.2) is 91.0 Å². The number of amides is 4. The molecule has 1 unspecified atom stereocenters. The molecule has 34 heavy (non-hydrogen) atoms. The Morgan fingerprint density at radius 1 is 0.765 bits per heavy atom. The van der Waals surface area contributed by atoms with Crippen LogP contribution in [0.2, 0.25) is 0 Å². The summed E-state index contributed by atoms with van der Waals surface area (Å²) in [6.45, 7) is 0.615. The van der Waals surface area contributed by atoms with Crippen molar-refractivity contribution < 1.29 is 19.1 Å². The monoisotopic (exact) mass is 457 g/mol. The molecule has 1 aliphatic rings. The van der Waals surface area contributed by atoms with Crippen molar-refractivity contribution >= 4 is 23.5 Å². The van der Waals surface area contributed by atoms with Crippen molar-refractivity contribution in [3.63, 3.8) is 0 Å². The molecular formula is C27H27N3O4. The second kappa shape index (κ2) is 10.4. The first-order valence-corrected chi connectivity index (χ1v) is 11.1. The van der Waals surface area contributed by atoms with Gasteiger partial charge in [-0.15, -0.1) is 0 Å². The highest BCUT2D eigenvalue weighted by Gasteiger charge is 2.57. The van der Waals surface area contributed by atoms with Gasteiger partial charge in [0.25, 0.3) is 11.8 Å². The first-order valence-electron chi connectivity index (χ1n) is 11.1. The summed E-state index contributed by atoms with van der Waals surface area (Å²) in [5.41, 5.74) is 0.334. The Kier molecular flexibility index (Phi) is 7.15. The predicted molar refractivity (Wildman–Crippen MR) is 129 cm³/mol. The van der Waals surface area contributed by atoms with E-state index in [1.165, 1.54) is 0 Å². The molecule has 1 N–H and O–H groups in total. The first kappa shape index (κ1) is 23.4. The summed E-state index contributed by atoms with van der Waals surface area (Å²) in [7, 11) is 1.55. The Balaban J connectivity index is 1.82. The summed E-state index contributed by atoms with van der Waals surface area (Å²) in [5.74, 6) is -1.17. The SMILES string of the molecule is COCCNC1(Cc2ccccc2)C(=O)N(Cc2ccccc2)C(=O)N(c2ccccc2)C1=O. The Morgan fingerprint density at radius 3 is 1.91 bits per heavy atom. The van der Waals surface area contributed by atoms with Crippen LogP contribution in [0, 0.1) is 0 Å². The fraction of sp³-hybridized carbons (Fsp3) is 0.222. The lowest BCUT2D eigenvalue weighted by Gasteiger charge is -2.44. The van der Waals surface area contributed by atoms with Gasteiger partial charge < -0.3 is 4.74 Å². The van der Waals surface area contributed by atoms with Gasteiger partial charge in [0, 0.05) is 20.1 Å². The van der Waals surface area contributed by atoms with Crippen molar-refractivity contribution in [3.8, 4) is 0 Å². The van der Waals surface area contributed by atoms with E-state index < -0.39 is 23.4 Å². The molecule has 3 aromatic rings. The number of rotatable bonds is 9. The van der Waals surface area contributed by atoms with Gasteiger partial charge in [0.05, 0.1) is 18.8 Å². The number of imide groups is 2. The first-order chi connectivity index (χ1) is 16.6. The lowest BCUT2D eigenvalue weighted by Crippen LogP contribution is -2.75. The van der Waals surface area contributed by atoms with Crippen molar-refractivity contribution in [2.24, 2.45) is 0 Å². The fourth-order valence-corrected chi connectivity index (χ4v) is 4.15. The maximum absolute atomic E-state index is 14.0. The highest BCUT2D eigenvalue weighted by atomic mass is 16.5. The van der Waals surface area contributed by atoms with Gasteiger partial charge in [-0.3, -0.25) is 19.8 Å². The van der Waals surface area contributed by atoms with Crippen molar-refractivity contribution in [1.82, 2.24) is 10.2 Å². The highest BCUT2D eigenvalue weighted by molar-refractivity contribution is 6.32. The van der Waals surface area contributed by atoms with Gasteiger partial charge in [0.15, 0.2) is 5.54 Å². The van der Waals surface area contributed by atoms with E-state index in [2.05, 4.69) is 5.32 Å². The highest BCUT2D eigenvalue weighted by Crippen LogP contribution is 2.31. The number of para-hydroxylation sites is 1. The lowest BCUT2D eigenvalue weighted by molar-refractivity contribution is -0.145. The standard InChI is InChI=1S/C27H27N3O4/c1-34-18-17-28-27(19-21-11-5-2-6-12-21)24(31)29(20-22-13-7-3-8-14-22)26(33)30(25(27)32)23-15-9-4-10-16-23/h2-16,28H,17-20H2,1H3. The third-order valence-corrected chi connectivity index (χ3v) is 5.84. The van der Waals surface area contributed by atoms with E-state index in [9.17, 15) is 14.4 Å². The minimum Gasteiger partial charge on any atom is -0.383 e. The summed E-state index contributed by atoms with van der Waals surface area (Å²) in [6, 6.07) is 26.6. The quantitative estimate of drug-likeness (QED) is 0.394. The van der Waals surface area contributed by atoms with Crippen LogP contribution in [0.4, 0.5) is 10.5 Å². The van der Waals surface area contributed by atoms with E-state index >= 15 is 0 Å². The third-order valence-electron chi connectivity index (χ3n) is 5.84. The summed E-state index contributed by atoms with van der Waals surface area (Å²) >= 11 is 0. The van der Waals surface area contributed by atoms with Crippen LogP contribution in [-0.4, -0.2) is 48.5 Å². The molecule has 1 fully saturated rings. The molecule has 4 rings (SSSR count). The molecule has 7 nitrogen and oxygen atoms in total. The average Bonchev–Trinajstić information content (AvgIpc) is 2.87. The number of benzene rings is 3. The lowest BCUT2D eigenvalue weighted by atomic mass is 9.85. The van der Waals surface area contributed by atoms with Gasteiger partial charge in [0.1, 0.15) is 0 Å². The Labute approximate surface area is 198 Å². The van der Waals surface area contributed by atoms with Crippen LogP contribution in [0.1, 0.15) is 11.1 Å². The number of carbonyl (C=O) groups is 3. The molecule has 1 aliphatic heterocycles. The molecule has 0 radical (unpaired) electrons. The van der Waals surface area contributed by atoms with E-state index in [0.717, 1.165) is 20.9 Å². The van der Waals surface area contributed by atoms with Crippen molar-refractivity contribution in [1.29, 1.82) is 0 Å². The Bertz CT molecular complexity index is 1140. The number of methoxy groups -OCH3 is 1. The molecule has 0 bridgehead atoms. The van der Waals surface area contributed by atoms with Gasteiger partial charge in [-0.1, -0.05) is 78.9 Å². The zero-order chi connectivity index (χ0) is 24.0. The van der Waals surface area contributed by atoms with Gasteiger partial charge in [0.2, 0.25) is 0 Å². The normalized spacial score (nSPS) is 18.4. The third kappa shape index (κ3) is 4.62. The van der Waals surface area contributed by atoms with Crippen LogP contribution in [0.25, 0.3) is 0 Å². The van der Waals surface area contributed by atoms with E-state index in [4.69, 9.17) is 4.74 Å². The summed E-state index contributed by atoms with van der Waals surface area (Å²) in [6.07, 6.45) is 0.0944. The number of nitrogens with zero attached hydrogens (tertiary/aromatic N) is 2. The van der Waals surface area contributed by atoms with Crippen LogP contribution in [0.5, 0.6) is 0 Å². The Morgan fingerprint density at radius 2 is 1.32 bits per heavy atom. The summed E-state index contributed by atoms with van der Waals surface area (Å²) in [5, 5.41) is 3.16. The van der Waals surface area contributed by atoms with Crippen molar-refractivity contribution in [3.05, 3.63) is 102 Å². The molecule has 0 aliphatic carbocycles. The molecule has 0 spiro atoms. The van der Waals surface area contributed by atoms with E-state index in [1.807, 2.05) is 66.7 Å². The van der Waals surface area contributed by atoms with E-state index in [-0.39, 0.29) is 19.5 Å². The molecular weight excluding hydrogens is 430 g/mol. The number of ether oxygens (including phenoxy) is 1. The molecule has 4 amide bonds. The number of hydrogen-bond acceptors (Lipinski definition) is 5. The van der Waals surface area contributed by atoms with Crippen molar-refractivity contribution in [2.75, 3.05) is 25.2 Å². The van der Waals surface area contributed by atoms with Crippen LogP contribution in [-0.2, 0) is 27.3 Å². The smallest absolute Gasteiger partial charge is 0.338 e. The van der Waals surface area contributed by atoms with Gasteiger partial charge in [-0.05, 0) is 23.3 Å². The molecule has 1 saturated heterocycles. The maximum atomic E-state index is 14.0. The van der Waals surface area contributed by atoms with E-state index in [0.29, 0.717) is 12.3 Å². The maximum Gasteiger partial charge on any atom is 0.338 e. The van der Waals surface area contributed by atoms with Crippen LogP contribution in [0.3, 0.4) is 0 Å². The second-order valence-corrected chi connectivity index (χ2v) is 8.12. The van der Waals surface area contributed by atoms with Crippen LogP contribution < -0.4 is 10.2 Å². The molecule has 1 heterocycles. The minimum absolute atomic E-state index is 0.0532. The number of hydrogen-bond donors (Lipinski definition) is 1. The zero-order valence-corrected chi connectivity index (χ0v) is 19.0. The van der Waals surface area contributed by atoms with Gasteiger partial charge in [-0.25, -0.2) is 9.69 Å². The predicted octanol–water partition coefficient (Wildman–Crippen LogP) is 3.40. The van der Waals surface area contributed by atoms with Crippen molar-refractivity contribution in [2.45, 2.75) is 18.5 Å². The number of carbonyl (C=O) groups excluding carboxylic acids is 3. The van der Waals surface area contributed by atoms with Gasteiger partial charge >= 0.3 is 6.03 Å². The molecule has 1 atom stereocenters. The molecule has 0 saturated carbocycles. The number of anilines is 1. The summed E-state index contributed by atoms with van der Waals surface area (Å²) in [4.78, 5) is 43.9.